The largest absolute Gasteiger partial charge is 0.355 e. The SMILES string of the molecule is CCCn1c(SCC(=O)NCCc2ccc(C(C)C)cc2)n[nH]c1=O. The van der Waals surface area contributed by atoms with Crippen molar-refractivity contribution in [3.8, 4) is 0 Å². The Kier molecular flexibility index (Phi) is 7.31. The Balaban J connectivity index is 1.75. The van der Waals surface area contributed by atoms with Crippen LogP contribution in [0.3, 0.4) is 0 Å². The summed E-state index contributed by atoms with van der Waals surface area (Å²) in [7, 11) is 0. The molecule has 1 aromatic carbocycles. The molecule has 2 N–H and O–H groups in total. The summed E-state index contributed by atoms with van der Waals surface area (Å²) in [4.78, 5) is 23.6. The van der Waals surface area contributed by atoms with Gasteiger partial charge in [-0.05, 0) is 29.9 Å². The number of benzene rings is 1. The standard InChI is InChI=1S/C18H26N4O2S/c1-4-11-22-17(24)20-21-18(22)25-12-16(23)19-10-9-14-5-7-15(8-6-14)13(2)3/h5-8,13H,4,9-12H2,1-3H3,(H,19,23)(H,20,24). The second-order valence-corrected chi connectivity index (χ2v) is 7.19. The van der Waals surface area contributed by atoms with Crippen LogP contribution >= 0.6 is 11.8 Å². The molecule has 0 aliphatic carbocycles. The summed E-state index contributed by atoms with van der Waals surface area (Å²) in [6.45, 7) is 7.54. The number of amides is 1. The maximum Gasteiger partial charge on any atom is 0.343 e. The molecule has 2 aromatic rings. The maximum absolute atomic E-state index is 12.0. The van der Waals surface area contributed by atoms with Gasteiger partial charge >= 0.3 is 5.69 Å². The Morgan fingerprint density at radius 1 is 1.32 bits per heavy atom. The lowest BCUT2D eigenvalue weighted by molar-refractivity contribution is -0.118. The zero-order chi connectivity index (χ0) is 18.2. The van der Waals surface area contributed by atoms with E-state index in [1.54, 1.807) is 4.57 Å². The normalized spacial score (nSPS) is 11.0. The summed E-state index contributed by atoms with van der Waals surface area (Å²) in [6.07, 6.45) is 1.65. The number of hydrogen-bond donors (Lipinski definition) is 2. The van der Waals surface area contributed by atoms with Gasteiger partial charge in [0.25, 0.3) is 0 Å². The lowest BCUT2D eigenvalue weighted by Gasteiger charge is -2.08. The molecule has 1 heterocycles. The molecule has 0 saturated carbocycles. The maximum atomic E-state index is 12.0. The molecule has 7 heteroatoms. The molecule has 0 fully saturated rings. The van der Waals surface area contributed by atoms with E-state index in [9.17, 15) is 9.59 Å². The second kappa shape index (κ2) is 9.46. The molecule has 0 saturated heterocycles. The van der Waals surface area contributed by atoms with E-state index in [2.05, 4.69) is 53.6 Å². The molecule has 0 aliphatic heterocycles. The van der Waals surface area contributed by atoms with Crippen molar-refractivity contribution >= 4 is 17.7 Å². The minimum absolute atomic E-state index is 0.0534. The van der Waals surface area contributed by atoms with E-state index in [0.717, 1.165) is 12.8 Å². The number of nitrogens with one attached hydrogen (secondary N) is 2. The van der Waals surface area contributed by atoms with Crippen molar-refractivity contribution in [2.45, 2.75) is 51.2 Å². The van der Waals surface area contributed by atoms with Crippen LogP contribution in [0.25, 0.3) is 0 Å². The third-order valence-electron chi connectivity index (χ3n) is 3.89. The summed E-state index contributed by atoms with van der Waals surface area (Å²) >= 11 is 1.28. The first-order valence-electron chi connectivity index (χ1n) is 8.64. The third-order valence-corrected chi connectivity index (χ3v) is 4.86. The Labute approximate surface area is 152 Å². The van der Waals surface area contributed by atoms with Crippen LogP contribution < -0.4 is 11.0 Å². The van der Waals surface area contributed by atoms with Gasteiger partial charge in [0.15, 0.2) is 5.16 Å². The number of aromatic nitrogens is 3. The van der Waals surface area contributed by atoms with E-state index >= 15 is 0 Å². The fraction of sp³-hybridized carbons (Fsp3) is 0.500. The van der Waals surface area contributed by atoms with Gasteiger partial charge in [0.05, 0.1) is 5.75 Å². The molecular formula is C18H26N4O2S. The molecule has 0 spiro atoms. The van der Waals surface area contributed by atoms with Gasteiger partial charge in [-0.2, -0.15) is 0 Å². The Hall–Kier alpha value is -2.02. The smallest absolute Gasteiger partial charge is 0.343 e. The average Bonchev–Trinajstić information content (AvgIpc) is 2.94. The molecule has 0 bridgehead atoms. The molecule has 25 heavy (non-hydrogen) atoms. The van der Waals surface area contributed by atoms with Crippen molar-refractivity contribution in [3.05, 3.63) is 45.9 Å². The minimum Gasteiger partial charge on any atom is -0.355 e. The number of H-pyrrole nitrogens is 1. The summed E-state index contributed by atoms with van der Waals surface area (Å²) in [5.74, 6) is 0.723. The Morgan fingerprint density at radius 2 is 2.04 bits per heavy atom. The van der Waals surface area contributed by atoms with E-state index in [-0.39, 0.29) is 17.3 Å². The number of hydrogen-bond acceptors (Lipinski definition) is 4. The van der Waals surface area contributed by atoms with Gasteiger partial charge < -0.3 is 5.32 Å². The van der Waals surface area contributed by atoms with Crippen molar-refractivity contribution in [2.75, 3.05) is 12.3 Å². The van der Waals surface area contributed by atoms with E-state index < -0.39 is 0 Å². The predicted molar refractivity (Wildman–Crippen MR) is 101 cm³/mol. The van der Waals surface area contributed by atoms with Crippen LogP contribution in [0.5, 0.6) is 0 Å². The van der Waals surface area contributed by atoms with Crippen LogP contribution in [0.1, 0.15) is 44.2 Å². The summed E-state index contributed by atoms with van der Waals surface area (Å²) in [5, 5.41) is 9.87. The van der Waals surface area contributed by atoms with Gasteiger partial charge in [0, 0.05) is 13.1 Å². The molecule has 1 amide bonds. The monoisotopic (exact) mass is 362 g/mol. The third kappa shape index (κ3) is 5.77. The number of rotatable bonds is 9. The van der Waals surface area contributed by atoms with Crippen LogP contribution in [-0.2, 0) is 17.8 Å². The predicted octanol–water partition coefficient (Wildman–Crippen LogP) is 2.56. The first-order chi connectivity index (χ1) is 12.0. The van der Waals surface area contributed by atoms with Gasteiger partial charge in [0.2, 0.25) is 5.91 Å². The van der Waals surface area contributed by atoms with E-state index in [1.807, 2.05) is 6.92 Å². The van der Waals surface area contributed by atoms with Gasteiger partial charge in [-0.15, -0.1) is 5.10 Å². The van der Waals surface area contributed by atoms with Crippen molar-refractivity contribution in [2.24, 2.45) is 0 Å². The Bertz CT molecular complexity index is 734. The number of carbonyl (C=O) groups excluding carboxylic acids is 1. The molecule has 0 atom stereocenters. The van der Waals surface area contributed by atoms with Crippen LogP contribution in [0, 0.1) is 0 Å². The molecule has 2 rings (SSSR count). The Morgan fingerprint density at radius 3 is 2.68 bits per heavy atom. The van der Waals surface area contributed by atoms with Crippen molar-refractivity contribution in [1.82, 2.24) is 20.1 Å². The fourth-order valence-corrected chi connectivity index (χ4v) is 3.23. The molecule has 0 unspecified atom stereocenters. The van der Waals surface area contributed by atoms with Gasteiger partial charge in [-0.25, -0.2) is 9.89 Å². The number of thioether (sulfide) groups is 1. The van der Waals surface area contributed by atoms with Crippen LogP contribution in [0.4, 0.5) is 0 Å². The van der Waals surface area contributed by atoms with Crippen LogP contribution in [0.2, 0.25) is 0 Å². The van der Waals surface area contributed by atoms with Crippen molar-refractivity contribution in [3.63, 3.8) is 0 Å². The molecule has 136 valence electrons. The lowest BCUT2D eigenvalue weighted by atomic mass is 10.0. The zero-order valence-corrected chi connectivity index (χ0v) is 15.9. The van der Waals surface area contributed by atoms with Crippen molar-refractivity contribution < 1.29 is 4.79 Å². The van der Waals surface area contributed by atoms with Gasteiger partial charge in [0.1, 0.15) is 0 Å². The first-order valence-corrected chi connectivity index (χ1v) is 9.63. The fourth-order valence-electron chi connectivity index (χ4n) is 2.43. The van der Waals surface area contributed by atoms with E-state index in [4.69, 9.17) is 0 Å². The number of aromatic amines is 1. The highest BCUT2D eigenvalue weighted by Crippen LogP contribution is 2.15. The highest BCUT2D eigenvalue weighted by atomic mass is 32.2. The molecule has 0 aliphatic rings. The molecule has 6 nitrogen and oxygen atoms in total. The quantitative estimate of drug-likeness (QED) is 0.672. The lowest BCUT2D eigenvalue weighted by Crippen LogP contribution is -2.27. The first kappa shape index (κ1) is 19.3. The van der Waals surface area contributed by atoms with Crippen molar-refractivity contribution in [1.29, 1.82) is 0 Å². The number of carbonyl (C=O) groups is 1. The average molecular weight is 362 g/mol. The summed E-state index contributed by atoms with van der Waals surface area (Å²) in [5.41, 5.74) is 2.30. The van der Waals surface area contributed by atoms with Gasteiger partial charge in [-0.1, -0.05) is 56.8 Å². The summed E-state index contributed by atoms with van der Waals surface area (Å²) in [6, 6.07) is 8.51. The summed E-state index contributed by atoms with van der Waals surface area (Å²) < 4.78 is 1.56. The molecular weight excluding hydrogens is 336 g/mol. The van der Waals surface area contributed by atoms with E-state index in [0.29, 0.717) is 24.2 Å². The molecule has 1 aromatic heterocycles. The molecule has 0 radical (unpaired) electrons. The number of nitrogens with zero attached hydrogens (tertiary/aromatic N) is 2. The zero-order valence-electron chi connectivity index (χ0n) is 15.0. The van der Waals surface area contributed by atoms with Crippen LogP contribution in [0.15, 0.2) is 34.2 Å². The van der Waals surface area contributed by atoms with Crippen LogP contribution in [-0.4, -0.2) is 33.0 Å². The van der Waals surface area contributed by atoms with E-state index in [1.165, 1.54) is 22.9 Å². The highest BCUT2D eigenvalue weighted by molar-refractivity contribution is 7.99. The van der Waals surface area contributed by atoms with Gasteiger partial charge in [-0.3, -0.25) is 9.36 Å². The second-order valence-electron chi connectivity index (χ2n) is 6.25. The minimum atomic E-state index is -0.227. The topological polar surface area (TPSA) is 79.8 Å². The highest BCUT2D eigenvalue weighted by Gasteiger charge is 2.10.